The normalized spacial score (nSPS) is 14.9. The van der Waals surface area contributed by atoms with Gasteiger partial charge in [0, 0.05) is 44.0 Å². The van der Waals surface area contributed by atoms with E-state index in [-0.39, 0.29) is 0 Å². The SMILES string of the molecule is Cc1ccc(Cc2nc(N3CCCN(Cc4cccs4)CC3)c3cnn(-c4ccccc4)c3n2)cc1. The van der Waals surface area contributed by atoms with E-state index in [4.69, 9.17) is 15.1 Å². The van der Waals surface area contributed by atoms with Crippen molar-refractivity contribution >= 4 is 28.2 Å². The second kappa shape index (κ2) is 10.2. The Kier molecular flexibility index (Phi) is 6.49. The Labute approximate surface area is 215 Å². The maximum Gasteiger partial charge on any atom is 0.168 e. The molecule has 0 N–H and O–H groups in total. The van der Waals surface area contributed by atoms with Gasteiger partial charge in [-0.05, 0) is 42.5 Å². The van der Waals surface area contributed by atoms with Crippen LogP contribution in [-0.4, -0.2) is 50.8 Å². The van der Waals surface area contributed by atoms with E-state index in [9.17, 15) is 0 Å². The van der Waals surface area contributed by atoms with E-state index in [2.05, 4.69) is 70.6 Å². The van der Waals surface area contributed by atoms with Crippen LogP contribution in [-0.2, 0) is 13.0 Å². The molecule has 1 aliphatic rings. The number of benzene rings is 2. The summed E-state index contributed by atoms with van der Waals surface area (Å²) >= 11 is 1.84. The summed E-state index contributed by atoms with van der Waals surface area (Å²) < 4.78 is 1.94. The smallest absolute Gasteiger partial charge is 0.168 e. The standard InChI is InChI=1S/C29H30N6S/c1-22-10-12-23(13-11-22)19-27-31-28(26-20-30-35(29(26)32-27)24-7-3-2-4-8-24)34-15-6-14-33(16-17-34)21-25-9-5-18-36-25/h2-5,7-13,18,20H,6,14-17,19,21H2,1H3. The summed E-state index contributed by atoms with van der Waals surface area (Å²) in [5, 5.41) is 7.92. The van der Waals surface area contributed by atoms with Crippen LogP contribution in [0.15, 0.2) is 78.3 Å². The molecule has 2 aromatic carbocycles. The van der Waals surface area contributed by atoms with Crippen molar-refractivity contribution in [3.63, 3.8) is 0 Å². The summed E-state index contributed by atoms with van der Waals surface area (Å²) in [5.41, 5.74) is 4.36. The topological polar surface area (TPSA) is 50.1 Å². The van der Waals surface area contributed by atoms with Gasteiger partial charge in [-0.2, -0.15) is 5.10 Å². The van der Waals surface area contributed by atoms with Crippen molar-refractivity contribution in [2.75, 3.05) is 31.1 Å². The number of aryl methyl sites for hydroxylation is 1. The summed E-state index contributed by atoms with van der Waals surface area (Å²) in [6, 6.07) is 23.3. The summed E-state index contributed by atoms with van der Waals surface area (Å²) in [6.07, 6.45) is 3.74. The second-order valence-electron chi connectivity index (χ2n) is 9.45. The quantitative estimate of drug-likeness (QED) is 0.313. The highest BCUT2D eigenvalue weighted by Crippen LogP contribution is 2.28. The maximum absolute atomic E-state index is 5.14. The highest BCUT2D eigenvalue weighted by molar-refractivity contribution is 7.09. The zero-order valence-electron chi connectivity index (χ0n) is 20.5. The number of hydrogen-bond acceptors (Lipinski definition) is 6. The monoisotopic (exact) mass is 494 g/mol. The zero-order valence-corrected chi connectivity index (χ0v) is 21.4. The molecule has 0 bridgehead atoms. The summed E-state index contributed by atoms with van der Waals surface area (Å²) in [4.78, 5) is 16.6. The van der Waals surface area contributed by atoms with Gasteiger partial charge < -0.3 is 4.90 Å². The predicted octanol–water partition coefficient (Wildman–Crippen LogP) is 5.49. The predicted molar refractivity (Wildman–Crippen MR) is 147 cm³/mol. The van der Waals surface area contributed by atoms with Gasteiger partial charge in [0.25, 0.3) is 0 Å². The Bertz CT molecular complexity index is 1430. The Morgan fingerprint density at radius 3 is 2.53 bits per heavy atom. The molecule has 3 aromatic heterocycles. The largest absolute Gasteiger partial charge is 0.355 e. The van der Waals surface area contributed by atoms with Crippen LogP contribution in [0.3, 0.4) is 0 Å². The van der Waals surface area contributed by atoms with Crippen molar-refractivity contribution in [1.29, 1.82) is 0 Å². The third-order valence-electron chi connectivity index (χ3n) is 6.79. The molecule has 0 radical (unpaired) electrons. The Hall–Kier alpha value is -3.55. The number of nitrogens with zero attached hydrogens (tertiary/aromatic N) is 6. The van der Waals surface area contributed by atoms with Crippen LogP contribution in [0.25, 0.3) is 16.7 Å². The molecule has 1 aliphatic heterocycles. The minimum absolute atomic E-state index is 0.696. The highest BCUT2D eigenvalue weighted by atomic mass is 32.1. The number of aromatic nitrogens is 4. The zero-order chi connectivity index (χ0) is 24.3. The van der Waals surface area contributed by atoms with Crippen LogP contribution in [0.4, 0.5) is 5.82 Å². The maximum atomic E-state index is 5.14. The summed E-state index contributed by atoms with van der Waals surface area (Å²) in [6.45, 7) is 7.18. The van der Waals surface area contributed by atoms with Gasteiger partial charge in [0.15, 0.2) is 5.65 Å². The lowest BCUT2D eigenvalue weighted by Gasteiger charge is -2.23. The van der Waals surface area contributed by atoms with E-state index in [1.165, 1.54) is 16.0 Å². The van der Waals surface area contributed by atoms with Gasteiger partial charge in [-0.15, -0.1) is 11.3 Å². The Morgan fingerprint density at radius 2 is 1.72 bits per heavy atom. The van der Waals surface area contributed by atoms with E-state index >= 15 is 0 Å². The molecular weight excluding hydrogens is 464 g/mol. The average Bonchev–Trinajstić information content (AvgIpc) is 3.51. The third kappa shape index (κ3) is 4.90. The molecule has 4 heterocycles. The van der Waals surface area contributed by atoms with Crippen molar-refractivity contribution in [3.8, 4) is 5.69 Å². The molecule has 182 valence electrons. The molecule has 6 rings (SSSR count). The van der Waals surface area contributed by atoms with Crippen LogP contribution in [0.1, 0.15) is 28.2 Å². The molecule has 5 aromatic rings. The molecule has 1 fully saturated rings. The lowest BCUT2D eigenvalue weighted by Crippen LogP contribution is -2.31. The molecule has 0 unspecified atom stereocenters. The summed E-state index contributed by atoms with van der Waals surface area (Å²) in [7, 11) is 0. The van der Waals surface area contributed by atoms with Gasteiger partial charge in [0.1, 0.15) is 11.6 Å². The van der Waals surface area contributed by atoms with Crippen molar-refractivity contribution in [1.82, 2.24) is 24.6 Å². The molecule has 0 aliphatic carbocycles. The van der Waals surface area contributed by atoms with E-state index in [1.54, 1.807) is 0 Å². The number of hydrogen-bond donors (Lipinski definition) is 0. The van der Waals surface area contributed by atoms with Gasteiger partial charge in [0.2, 0.25) is 0 Å². The minimum Gasteiger partial charge on any atom is -0.355 e. The van der Waals surface area contributed by atoms with E-state index < -0.39 is 0 Å². The first-order chi connectivity index (χ1) is 17.7. The first-order valence-electron chi connectivity index (χ1n) is 12.6. The number of para-hydroxylation sites is 1. The van der Waals surface area contributed by atoms with Gasteiger partial charge in [-0.25, -0.2) is 14.6 Å². The van der Waals surface area contributed by atoms with E-state index in [0.29, 0.717) is 6.42 Å². The molecular formula is C29H30N6S. The Morgan fingerprint density at radius 1 is 0.861 bits per heavy atom. The molecule has 0 amide bonds. The van der Waals surface area contributed by atoms with Crippen LogP contribution in [0.2, 0.25) is 0 Å². The highest BCUT2D eigenvalue weighted by Gasteiger charge is 2.22. The number of rotatable bonds is 6. The van der Waals surface area contributed by atoms with Crippen LogP contribution in [0, 0.1) is 6.92 Å². The molecule has 0 spiro atoms. The first-order valence-corrected chi connectivity index (χ1v) is 13.5. The van der Waals surface area contributed by atoms with E-state index in [0.717, 1.165) is 67.5 Å². The van der Waals surface area contributed by atoms with Crippen LogP contribution >= 0.6 is 11.3 Å². The molecule has 6 nitrogen and oxygen atoms in total. The number of anilines is 1. The molecule has 36 heavy (non-hydrogen) atoms. The van der Waals surface area contributed by atoms with E-state index in [1.807, 2.05) is 40.4 Å². The first kappa shape index (κ1) is 22.9. The number of thiophene rings is 1. The lowest BCUT2D eigenvalue weighted by molar-refractivity contribution is 0.288. The molecule has 1 saturated heterocycles. The fraction of sp³-hybridized carbons (Fsp3) is 0.276. The van der Waals surface area contributed by atoms with Crippen molar-refractivity contribution in [2.45, 2.75) is 26.3 Å². The Balaban J connectivity index is 1.35. The van der Waals surface area contributed by atoms with Crippen molar-refractivity contribution in [2.24, 2.45) is 0 Å². The average molecular weight is 495 g/mol. The van der Waals surface area contributed by atoms with Gasteiger partial charge >= 0.3 is 0 Å². The lowest BCUT2D eigenvalue weighted by atomic mass is 10.1. The fourth-order valence-corrected chi connectivity index (χ4v) is 5.61. The fourth-order valence-electron chi connectivity index (χ4n) is 4.87. The molecule has 0 saturated carbocycles. The molecule has 7 heteroatoms. The molecule has 0 atom stereocenters. The minimum atomic E-state index is 0.696. The van der Waals surface area contributed by atoms with Gasteiger partial charge in [0.05, 0.1) is 17.3 Å². The third-order valence-corrected chi connectivity index (χ3v) is 7.65. The summed E-state index contributed by atoms with van der Waals surface area (Å²) in [5.74, 6) is 1.83. The van der Waals surface area contributed by atoms with Crippen molar-refractivity contribution < 1.29 is 0 Å². The van der Waals surface area contributed by atoms with Crippen LogP contribution < -0.4 is 4.90 Å². The van der Waals surface area contributed by atoms with Gasteiger partial charge in [-0.3, -0.25) is 4.90 Å². The second-order valence-corrected chi connectivity index (χ2v) is 10.5. The van der Waals surface area contributed by atoms with Crippen LogP contribution in [0.5, 0.6) is 0 Å². The number of fused-ring (bicyclic) bond motifs is 1. The van der Waals surface area contributed by atoms with Crippen molar-refractivity contribution in [3.05, 3.63) is 100 Å². The van der Waals surface area contributed by atoms with Gasteiger partial charge in [-0.1, -0.05) is 54.1 Å².